The SMILES string of the molecule is COC(=O)Cc1ccc2[nH]cnc2c1N. The van der Waals surface area contributed by atoms with Crippen molar-refractivity contribution in [3.63, 3.8) is 0 Å². The molecule has 0 aliphatic rings. The molecule has 3 N–H and O–H groups in total. The van der Waals surface area contributed by atoms with Gasteiger partial charge in [-0.3, -0.25) is 4.79 Å². The summed E-state index contributed by atoms with van der Waals surface area (Å²) >= 11 is 0. The van der Waals surface area contributed by atoms with Crippen LogP contribution in [0.1, 0.15) is 5.56 Å². The minimum absolute atomic E-state index is 0.172. The van der Waals surface area contributed by atoms with Crippen molar-refractivity contribution in [1.82, 2.24) is 9.97 Å². The number of ether oxygens (including phenoxy) is 1. The molecule has 0 saturated heterocycles. The number of aromatic nitrogens is 2. The molecule has 1 aromatic carbocycles. The standard InChI is InChI=1S/C10H11N3O2/c1-15-8(14)4-6-2-3-7-10(9(6)11)13-5-12-7/h2-3,5H,4,11H2,1H3,(H,12,13). The summed E-state index contributed by atoms with van der Waals surface area (Å²) in [6.45, 7) is 0. The van der Waals surface area contributed by atoms with Gasteiger partial charge in [0.15, 0.2) is 0 Å². The van der Waals surface area contributed by atoms with Gasteiger partial charge in [0.05, 0.1) is 31.1 Å². The number of fused-ring (bicyclic) bond motifs is 1. The van der Waals surface area contributed by atoms with Crippen molar-refractivity contribution in [3.05, 3.63) is 24.0 Å². The van der Waals surface area contributed by atoms with Gasteiger partial charge in [-0.2, -0.15) is 0 Å². The van der Waals surface area contributed by atoms with Crippen LogP contribution in [0.3, 0.4) is 0 Å². The number of methoxy groups -OCH3 is 1. The van der Waals surface area contributed by atoms with Gasteiger partial charge in [0.25, 0.3) is 0 Å². The Bertz CT molecular complexity index is 504. The number of carbonyl (C=O) groups excluding carboxylic acids is 1. The van der Waals surface area contributed by atoms with E-state index in [0.29, 0.717) is 11.2 Å². The summed E-state index contributed by atoms with van der Waals surface area (Å²) in [5.74, 6) is -0.309. The largest absolute Gasteiger partial charge is 0.469 e. The van der Waals surface area contributed by atoms with Gasteiger partial charge in [-0.05, 0) is 11.6 Å². The van der Waals surface area contributed by atoms with E-state index in [-0.39, 0.29) is 12.4 Å². The van der Waals surface area contributed by atoms with E-state index in [9.17, 15) is 4.79 Å². The lowest BCUT2D eigenvalue weighted by atomic mass is 10.1. The van der Waals surface area contributed by atoms with Crippen LogP contribution >= 0.6 is 0 Å². The Balaban J connectivity index is 2.43. The summed E-state index contributed by atoms with van der Waals surface area (Å²) in [5, 5.41) is 0. The van der Waals surface area contributed by atoms with Gasteiger partial charge in [-0.15, -0.1) is 0 Å². The van der Waals surface area contributed by atoms with Gasteiger partial charge < -0.3 is 15.5 Å². The number of aromatic amines is 1. The first-order chi connectivity index (χ1) is 7.22. The summed E-state index contributed by atoms with van der Waals surface area (Å²) in [4.78, 5) is 18.1. The number of hydrogen-bond donors (Lipinski definition) is 2. The molecule has 1 aromatic heterocycles. The molecule has 0 aliphatic heterocycles. The van der Waals surface area contributed by atoms with Crippen LogP contribution in [-0.2, 0) is 16.0 Å². The predicted octanol–water partition coefficient (Wildman–Crippen LogP) is 0.861. The lowest BCUT2D eigenvalue weighted by molar-refractivity contribution is -0.139. The number of nitrogen functional groups attached to an aromatic ring is 1. The molecule has 0 bridgehead atoms. The number of nitrogens with one attached hydrogen (secondary N) is 1. The molecule has 15 heavy (non-hydrogen) atoms. The second-order valence-corrected chi connectivity index (χ2v) is 3.19. The van der Waals surface area contributed by atoms with Gasteiger partial charge in [-0.1, -0.05) is 6.07 Å². The summed E-state index contributed by atoms with van der Waals surface area (Å²) in [6.07, 6.45) is 1.74. The zero-order valence-corrected chi connectivity index (χ0v) is 8.28. The maximum atomic E-state index is 11.1. The number of H-pyrrole nitrogens is 1. The molecule has 0 radical (unpaired) electrons. The van der Waals surface area contributed by atoms with Crippen molar-refractivity contribution in [3.8, 4) is 0 Å². The number of rotatable bonds is 2. The molecule has 2 rings (SSSR count). The molecule has 0 aliphatic carbocycles. The zero-order valence-electron chi connectivity index (χ0n) is 8.28. The first-order valence-corrected chi connectivity index (χ1v) is 4.49. The van der Waals surface area contributed by atoms with Gasteiger partial charge in [0.2, 0.25) is 0 Å². The van der Waals surface area contributed by atoms with Crippen LogP contribution in [0.2, 0.25) is 0 Å². The van der Waals surface area contributed by atoms with E-state index in [1.165, 1.54) is 7.11 Å². The summed E-state index contributed by atoms with van der Waals surface area (Å²) in [6, 6.07) is 3.64. The second kappa shape index (κ2) is 3.61. The topological polar surface area (TPSA) is 81.0 Å². The highest BCUT2D eigenvalue weighted by atomic mass is 16.5. The molecule has 5 nitrogen and oxygen atoms in total. The number of nitrogens with two attached hydrogens (primary N) is 1. The number of esters is 1. The third-order valence-electron chi connectivity index (χ3n) is 2.28. The number of carbonyl (C=O) groups is 1. The van der Waals surface area contributed by atoms with E-state index in [4.69, 9.17) is 5.73 Å². The fourth-order valence-electron chi connectivity index (χ4n) is 1.45. The van der Waals surface area contributed by atoms with Crippen molar-refractivity contribution in [2.24, 2.45) is 0 Å². The van der Waals surface area contributed by atoms with E-state index in [0.717, 1.165) is 11.1 Å². The molecule has 1 heterocycles. The normalized spacial score (nSPS) is 10.5. The zero-order chi connectivity index (χ0) is 10.8. The summed E-state index contributed by atoms with van der Waals surface area (Å²) in [7, 11) is 1.35. The smallest absolute Gasteiger partial charge is 0.310 e. The molecule has 5 heteroatoms. The minimum atomic E-state index is -0.309. The molecule has 0 saturated carbocycles. The molecule has 0 amide bonds. The van der Waals surface area contributed by atoms with Crippen molar-refractivity contribution in [2.45, 2.75) is 6.42 Å². The highest BCUT2D eigenvalue weighted by molar-refractivity contribution is 5.90. The van der Waals surface area contributed by atoms with Crippen LogP contribution in [0.4, 0.5) is 5.69 Å². The Morgan fingerprint density at radius 1 is 1.60 bits per heavy atom. The molecule has 78 valence electrons. The predicted molar refractivity (Wildman–Crippen MR) is 56.2 cm³/mol. The molecular weight excluding hydrogens is 194 g/mol. The van der Waals surface area contributed by atoms with E-state index in [1.54, 1.807) is 12.4 Å². The Labute approximate surface area is 86.3 Å². The van der Waals surface area contributed by atoms with Crippen molar-refractivity contribution < 1.29 is 9.53 Å². The maximum Gasteiger partial charge on any atom is 0.310 e. The Kier molecular flexibility index (Phi) is 2.29. The number of nitrogens with zero attached hydrogens (tertiary/aromatic N) is 1. The molecular formula is C10H11N3O2. The van der Waals surface area contributed by atoms with E-state index in [2.05, 4.69) is 14.7 Å². The molecule has 2 aromatic rings. The molecule has 0 unspecified atom stereocenters. The molecule has 0 atom stereocenters. The number of imidazole rings is 1. The van der Waals surface area contributed by atoms with Crippen molar-refractivity contribution in [1.29, 1.82) is 0 Å². The van der Waals surface area contributed by atoms with Gasteiger partial charge >= 0.3 is 5.97 Å². The van der Waals surface area contributed by atoms with E-state index >= 15 is 0 Å². The monoisotopic (exact) mass is 205 g/mol. The van der Waals surface area contributed by atoms with Crippen molar-refractivity contribution in [2.75, 3.05) is 12.8 Å². The van der Waals surface area contributed by atoms with Gasteiger partial charge in [0, 0.05) is 0 Å². The Morgan fingerprint density at radius 2 is 2.40 bits per heavy atom. The molecule has 0 fully saturated rings. The van der Waals surface area contributed by atoms with Gasteiger partial charge in [0.1, 0.15) is 5.52 Å². The maximum absolute atomic E-state index is 11.1. The Morgan fingerprint density at radius 3 is 3.13 bits per heavy atom. The van der Waals surface area contributed by atoms with Crippen LogP contribution in [0.15, 0.2) is 18.5 Å². The quantitative estimate of drug-likeness (QED) is 0.562. The first-order valence-electron chi connectivity index (χ1n) is 4.49. The average Bonchev–Trinajstić information content (AvgIpc) is 2.70. The van der Waals surface area contributed by atoms with Crippen LogP contribution in [0, 0.1) is 0 Å². The highest BCUT2D eigenvalue weighted by Crippen LogP contribution is 2.22. The fourth-order valence-corrected chi connectivity index (χ4v) is 1.45. The van der Waals surface area contributed by atoms with Crippen molar-refractivity contribution >= 4 is 22.7 Å². The highest BCUT2D eigenvalue weighted by Gasteiger charge is 2.10. The second-order valence-electron chi connectivity index (χ2n) is 3.19. The van der Waals surface area contributed by atoms with Crippen LogP contribution in [-0.4, -0.2) is 23.0 Å². The van der Waals surface area contributed by atoms with Gasteiger partial charge in [-0.25, -0.2) is 4.98 Å². The third kappa shape index (κ3) is 1.63. The first kappa shape index (κ1) is 9.51. The van der Waals surface area contributed by atoms with E-state index in [1.807, 2.05) is 6.07 Å². The lowest BCUT2D eigenvalue weighted by Gasteiger charge is -2.04. The molecule has 0 spiro atoms. The lowest BCUT2D eigenvalue weighted by Crippen LogP contribution is -2.07. The number of hydrogen-bond acceptors (Lipinski definition) is 4. The average molecular weight is 205 g/mol. The van der Waals surface area contributed by atoms with Crippen LogP contribution < -0.4 is 5.73 Å². The number of benzene rings is 1. The van der Waals surface area contributed by atoms with Crippen LogP contribution in [0.25, 0.3) is 11.0 Å². The van der Waals surface area contributed by atoms with Crippen LogP contribution in [0.5, 0.6) is 0 Å². The number of anilines is 1. The summed E-state index contributed by atoms with van der Waals surface area (Å²) < 4.78 is 4.58. The Hall–Kier alpha value is -2.04. The minimum Gasteiger partial charge on any atom is -0.469 e. The fraction of sp³-hybridized carbons (Fsp3) is 0.200. The third-order valence-corrected chi connectivity index (χ3v) is 2.28. The van der Waals surface area contributed by atoms with E-state index < -0.39 is 0 Å². The summed E-state index contributed by atoms with van der Waals surface area (Å²) in [5.41, 5.74) is 8.69.